The van der Waals surface area contributed by atoms with Crippen LogP contribution in [0.15, 0.2) is 0 Å². The maximum atomic E-state index is 7.25. The van der Waals surface area contributed by atoms with Crippen LogP contribution in [0, 0.1) is 0 Å². The van der Waals surface area contributed by atoms with Crippen LogP contribution >= 0.6 is 7.26 Å². The molecule has 46 valence electrons. The molecule has 0 rings (SSSR count). The molecular weight excluding hydrogens is 111 g/mol. The highest BCUT2D eigenvalue weighted by molar-refractivity contribution is 7.72. The summed E-state index contributed by atoms with van der Waals surface area (Å²) >= 11 is 0. The third-order valence-corrected chi connectivity index (χ3v) is 0. The van der Waals surface area contributed by atoms with Gasteiger partial charge in [0, 0.05) is 33.9 Å². The van der Waals surface area contributed by atoms with Crippen LogP contribution in [0.1, 0.15) is 0 Å². The fourth-order valence-electron chi connectivity index (χ4n) is 0. The minimum Gasteiger partial charge on any atom is -0.727 e. The Bertz CT molecular complexity index is 25.2. The zero-order valence-corrected chi connectivity index (χ0v) is 6.20. The lowest BCUT2D eigenvalue weighted by Crippen LogP contribution is -1.84. The average Bonchev–Trinajstić information content (AvgIpc) is 1.36. The molecule has 2 nitrogen and oxygen atoms in total. The van der Waals surface area contributed by atoms with Gasteiger partial charge in [0.2, 0.25) is 0 Å². The molecule has 0 aliphatic carbocycles. The second-order valence-corrected chi connectivity index (χ2v) is 8.05. The lowest BCUT2D eigenvalue weighted by Gasteiger charge is -1.97. The first-order chi connectivity index (χ1) is 3.00. The van der Waals surface area contributed by atoms with E-state index in [4.69, 9.17) is 10.5 Å². The second-order valence-electron chi connectivity index (χ2n) is 2.68. The molecule has 7 heavy (non-hydrogen) atoms. The van der Waals surface area contributed by atoms with Gasteiger partial charge in [-0.2, -0.15) is 0 Å². The molecule has 0 radical (unpaired) electrons. The molecule has 0 spiro atoms. The van der Waals surface area contributed by atoms with E-state index in [-0.39, 0.29) is 7.26 Å². The van der Waals surface area contributed by atoms with Gasteiger partial charge < -0.3 is 10.5 Å². The molecule has 0 aliphatic heterocycles. The van der Waals surface area contributed by atoms with Gasteiger partial charge in [0.1, 0.15) is 0 Å². The summed E-state index contributed by atoms with van der Waals surface area (Å²) in [5.41, 5.74) is 0. The van der Waals surface area contributed by atoms with Gasteiger partial charge >= 0.3 is 0 Å². The van der Waals surface area contributed by atoms with Gasteiger partial charge in [-0.05, 0) is 0 Å². The van der Waals surface area contributed by atoms with Crippen molar-refractivity contribution in [2.75, 3.05) is 26.7 Å². The van der Waals surface area contributed by atoms with E-state index in [1.54, 1.807) is 0 Å². The molecule has 0 bridgehead atoms. The summed E-state index contributed by atoms with van der Waals surface area (Å²) in [6.45, 7) is 9.19. The van der Waals surface area contributed by atoms with Gasteiger partial charge in [0.05, 0.1) is 0 Å². The molecule has 0 aromatic rings. The van der Waals surface area contributed by atoms with E-state index in [2.05, 4.69) is 26.7 Å². The highest BCUT2D eigenvalue weighted by Crippen LogP contribution is 2.40. The van der Waals surface area contributed by atoms with Gasteiger partial charge in [-0.25, -0.2) is 0 Å². The highest BCUT2D eigenvalue weighted by Gasteiger charge is 2.03. The van der Waals surface area contributed by atoms with Crippen LogP contribution in [-0.4, -0.2) is 31.9 Å². The van der Waals surface area contributed by atoms with Crippen LogP contribution in [0.3, 0.4) is 0 Å². The van der Waals surface area contributed by atoms with Gasteiger partial charge in [0.15, 0.2) is 0 Å². The third-order valence-electron chi connectivity index (χ3n) is 0. The Morgan fingerprint density at radius 1 is 1.00 bits per heavy atom. The Labute approximate surface area is 45.4 Å². The summed E-state index contributed by atoms with van der Waals surface area (Å²) in [5, 5.41) is 13.0. The molecular formula is C4H13O2P. The number of hydrogen-bond donors (Lipinski definition) is 1. The maximum absolute atomic E-state index is 7.25. The molecule has 0 unspecified atom stereocenters. The van der Waals surface area contributed by atoms with Crippen molar-refractivity contribution in [3.8, 4) is 0 Å². The van der Waals surface area contributed by atoms with Gasteiger partial charge in [-0.1, -0.05) is 0 Å². The van der Waals surface area contributed by atoms with Gasteiger partial charge in [-0.3, -0.25) is 0 Å². The highest BCUT2D eigenvalue weighted by atomic mass is 31.2. The molecule has 0 fully saturated rings. The summed E-state index contributed by atoms with van der Waals surface area (Å²) in [5.74, 6) is 0. The van der Waals surface area contributed by atoms with E-state index in [9.17, 15) is 0 Å². The quantitative estimate of drug-likeness (QED) is 0.287. The molecule has 0 aromatic heterocycles. The van der Waals surface area contributed by atoms with Crippen LogP contribution in [0.2, 0.25) is 0 Å². The summed E-state index contributed by atoms with van der Waals surface area (Å²) in [4.78, 5) is 0. The van der Waals surface area contributed by atoms with Crippen LogP contribution in [0.25, 0.3) is 0 Å². The van der Waals surface area contributed by atoms with E-state index in [1.165, 1.54) is 0 Å². The fraction of sp³-hybridized carbons (Fsp3) is 1.00. The maximum Gasteiger partial charge on any atom is 0.0481 e. The normalized spacial score (nSPS) is 9.43. The predicted molar refractivity (Wildman–Crippen MR) is 33.2 cm³/mol. The van der Waals surface area contributed by atoms with Crippen molar-refractivity contribution < 1.29 is 10.5 Å². The van der Waals surface area contributed by atoms with E-state index in [0.717, 1.165) is 0 Å². The minimum absolute atomic E-state index is 0.389. The first-order valence-electron chi connectivity index (χ1n) is 1.97. The van der Waals surface area contributed by atoms with Gasteiger partial charge in [0.25, 0.3) is 0 Å². The van der Waals surface area contributed by atoms with Crippen molar-refractivity contribution >= 4 is 7.26 Å². The molecule has 3 heteroatoms. The smallest absolute Gasteiger partial charge is 0.0481 e. The van der Waals surface area contributed by atoms with Crippen molar-refractivity contribution in [1.82, 2.24) is 0 Å². The van der Waals surface area contributed by atoms with Crippen molar-refractivity contribution in [3.63, 3.8) is 0 Å². The molecule has 0 heterocycles. The Balaban J connectivity index is 0. The summed E-state index contributed by atoms with van der Waals surface area (Å²) in [7, 11) is -0.389. The van der Waals surface area contributed by atoms with E-state index >= 15 is 0 Å². The van der Waals surface area contributed by atoms with Crippen molar-refractivity contribution in [2.45, 2.75) is 0 Å². The number of hydrogen-bond acceptors (Lipinski definition) is 2. The Hall–Kier alpha value is 0.350. The second kappa shape index (κ2) is 4.51. The Morgan fingerprint density at radius 2 is 1.00 bits per heavy atom. The monoisotopic (exact) mass is 124 g/mol. The molecule has 0 amide bonds. The molecule has 1 N–H and O–H groups in total. The zero-order chi connectivity index (χ0) is 6.50. The average molecular weight is 124 g/mol. The topological polar surface area (TPSA) is 43.3 Å². The lowest BCUT2D eigenvalue weighted by atomic mass is 11.8. The summed E-state index contributed by atoms with van der Waals surface area (Å²) in [6.07, 6.45) is 0. The fourth-order valence-corrected chi connectivity index (χ4v) is 0. The van der Waals surface area contributed by atoms with E-state index < -0.39 is 0 Å². The SMILES string of the molecule is C[P+](C)(C)C.[O-]O. The largest absolute Gasteiger partial charge is 0.727 e. The summed E-state index contributed by atoms with van der Waals surface area (Å²) < 4.78 is 0. The third kappa shape index (κ3) is 981. The molecule has 0 aliphatic rings. The molecule has 0 saturated carbocycles. The van der Waals surface area contributed by atoms with Crippen LogP contribution in [0.4, 0.5) is 0 Å². The molecule has 0 saturated heterocycles. The molecule has 0 aromatic carbocycles. The van der Waals surface area contributed by atoms with Crippen LogP contribution < -0.4 is 5.26 Å². The van der Waals surface area contributed by atoms with Crippen molar-refractivity contribution in [2.24, 2.45) is 0 Å². The van der Waals surface area contributed by atoms with E-state index in [0.29, 0.717) is 0 Å². The Morgan fingerprint density at radius 3 is 1.00 bits per heavy atom. The number of rotatable bonds is 0. The van der Waals surface area contributed by atoms with Crippen molar-refractivity contribution in [3.05, 3.63) is 0 Å². The molecule has 0 atom stereocenters. The zero-order valence-electron chi connectivity index (χ0n) is 5.30. The Kier molecular flexibility index (Phi) is 6.67. The first-order valence-corrected chi connectivity index (χ1v) is 5.55. The van der Waals surface area contributed by atoms with Crippen molar-refractivity contribution in [1.29, 1.82) is 0 Å². The standard InChI is InChI=1S/C4H12P.H2O2/c1-5(2,3)4;1-2/h1-4H3;1-2H/q+1;/p-1. The summed E-state index contributed by atoms with van der Waals surface area (Å²) in [6, 6.07) is 0. The van der Waals surface area contributed by atoms with Crippen LogP contribution in [-0.2, 0) is 0 Å². The predicted octanol–water partition coefficient (Wildman–Crippen LogP) is 0.343. The van der Waals surface area contributed by atoms with Gasteiger partial charge in [-0.15, -0.1) is 0 Å². The lowest BCUT2D eigenvalue weighted by molar-refractivity contribution is -0.670. The first kappa shape index (κ1) is 10.4. The van der Waals surface area contributed by atoms with E-state index in [1.807, 2.05) is 0 Å². The van der Waals surface area contributed by atoms with Crippen LogP contribution in [0.5, 0.6) is 0 Å². The minimum atomic E-state index is -0.389.